The minimum absolute atomic E-state index is 0.174. The quantitative estimate of drug-likeness (QED) is 0.472. The number of methoxy groups -OCH3 is 1. The Bertz CT molecular complexity index is 468. The van der Waals surface area contributed by atoms with Gasteiger partial charge in [-0.15, -0.1) is 0 Å². The lowest BCUT2D eigenvalue weighted by molar-refractivity contribution is -0.140. The van der Waals surface area contributed by atoms with E-state index in [-0.39, 0.29) is 29.7 Å². The van der Waals surface area contributed by atoms with Crippen molar-refractivity contribution >= 4 is 35.0 Å². The second kappa shape index (κ2) is 7.63. The molecule has 1 amide bonds. The maximum atomic E-state index is 12.8. The molecule has 19 heavy (non-hydrogen) atoms. The summed E-state index contributed by atoms with van der Waals surface area (Å²) >= 11 is 1.31. The maximum Gasteiger partial charge on any atom is 0.306 e. The van der Waals surface area contributed by atoms with Crippen LogP contribution in [0.25, 0.3) is 0 Å². The summed E-state index contributed by atoms with van der Waals surface area (Å²) in [6.45, 7) is 0. The van der Waals surface area contributed by atoms with Crippen LogP contribution in [0.15, 0.2) is 18.2 Å². The highest BCUT2D eigenvalue weighted by molar-refractivity contribution is 7.99. The molecule has 0 radical (unpaired) electrons. The first-order valence-corrected chi connectivity index (χ1v) is 6.68. The van der Waals surface area contributed by atoms with Gasteiger partial charge >= 0.3 is 5.97 Å². The fourth-order valence-corrected chi connectivity index (χ4v) is 1.97. The van der Waals surface area contributed by atoms with Gasteiger partial charge in [-0.05, 0) is 18.2 Å². The number of nitrogens with one attached hydrogen (secondary N) is 1. The Morgan fingerprint density at radius 2 is 2.21 bits per heavy atom. The number of nitrogens with two attached hydrogens (primary N) is 1. The SMILES string of the molecule is COC(=O)CCSCC(=O)Nc1ccc(F)cc1N. The number of anilines is 2. The topological polar surface area (TPSA) is 81.4 Å². The molecule has 0 aliphatic carbocycles. The van der Waals surface area contributed by atoms with Crippen molar-refractivity contribution in [2.45, 2.75) is 6.42 Å². The number of nitrogen functional groups attached to an aromatic ring is 1. The third kappa shape index (κ3) is 5.60. The molecule has 0 atom stereocenters. The minimum Gasteiger partial charge on any atom is -0.469 e. The van der Waals surface area contributed by atoms with Gasteiger partial charge in [0, 0.05) is 5.75 Å². The number of thioether (sulfide) groups is 1. The van der Waals surface area contributed by atoms with Crippen LogP contribution in [0.2, 0.25) is 0 Å². The number of carbonyl (C=O) groups excluding carboxylic acids is 2. The number of amides is 1. The first-order chi connectivity index (χ1) is 9.02. The zero-order valence-corrected chi connectivity index (χ0v) is 11.3. The Morgan fingerprint density at radius 1 is 1.47 bits per heavy atom. The standard InChI is InChI=1S/C12H15FN2O3S/c1-18-12(17)4-5-19-7-11(16)15-10-3-2-8(13)6-9(10)14/h2-3,6H,4-5,7,14H2,1H3,(H,15,16). The lowest BCUT2D eigenvalue weighted by Gasteiger charge is -2.07. The fraction of sp³-hybridized carbons (Fsp3) is 0.333. The second-order valence-electron chi connectivity index (χ2n) is 3.66. The van der Waals surface area contributed by atoms with Crippen LogP contribution in [0, 0.1) is 5.82 Å². The van der Waals surface area contributed by atoms with E-state index in [4.69, 9.17) is 5.73 Å². The van der Waals surface area contributed by atoms with Crippen LogP contribution in [-0.4, -0.2) is 30.5 Å². The maximum absolute atomic E-state index is 12.8. The summed E-state index contributed by atoms with van der Waals surface area (Å²) in [5.74, 6) is -0.334. The number of ether oxygens (including phenoxy) is 1. The molecule has 104 valence electrons. The molecule has 7 heteroatoms. The summed E-state index contributed by atoms with van der Waals surface area (Å²) in [7, 11) is 1.32. The Labute approximate surface area is 114 Å². The number of esters is 1. The third-order valence-electron chi connectivity index (χ3n) is 2.20. The first kappa shape index (κ1) is 15.3. The van der Waals surface area contributed by atoms with Gasteiger partial charge in [-0.2, -0.15) is 11.8 Å². The Hall–Kier alpha value is -1.76. The zero-order valence-electron chi connectivity index (χ0n) is 10.4. The monoisotopic (exact) mass is 286 g/mol. The predicted octanol–water partition coefficient (Wildman–Crippen LogP) is 1.64. The molecule has 5 nitrogen and oxygen atoms in total. The van der Waals surface area contributed by atoms with Crippen LogP contribution < -0.4 is 11.1 Å². The lowest BCUT2D eigenvalue weighted by Crippen LogP contribution is -2.16. The fourth-order valence-electron chi connectivity index (χ4n) is 1.26. The lowest BCUT2D eigenvalue weighted by atomic mass is 10.2. The highest BCUT2D eigenvalue weighted by atomic mass is 32.2. The van der Waals surface area contributed by atoms with Gasteiger partial charge in [0.1, 0.15) is 5.82 Å². The van der Waals surface area contributed by atoms with Crippen LogP contribution in [0.4, 0.5) is 15.8 Å². The van der Waals surface area contributed by atoms with E-state index < -0.39 is 5.82 Å². The molecule has 0 aromatic heterocycles. The molecule has 0 heterocycles. The van der Waals surface area contributed by atoms with Crippen LogP contribution in [0.1, 0.15) is 6.42 Å². The molecule has 1 aromatic rings. The molecular weight excluding hydrogens is 271 g/mol. The minimum atomic E-state index is -0.456. The Kier molecular flexibility index (Phi) is 6.14. The van der Waals surface area contributed by atoms with Crippen LogP contribution >= 0.6 is 11.8 Å². The van der Waals surface area contributed by atoms with Crippen molar-refractivity contribution in [2.24, 2.45) is 0 Å². The van der Waals surface area contributed by atoms with Gasteiger partial charge in [0.15, 0.2) is 0 Å². The molecule has 1 aromatic carbocycles. The predicted molar refractivity (Wildman–Crippen MR) is 73.4 cm³/mol. The summed E-state index contributed by atoms with van der Waals surface area (Å²) in [5, 5.41) is 2.57. The van der Waals surface area contributed by atoms with Crippen LogP contribution in [0.5, 0.6) is 0 Å². The van der Waals surface area contributed by atoms with Crippen LogP contribution in [0.3, 0.4) is 0 Å². The molecular formula is C12H15FN2O3S. The number of carbonyl (C=O) groups is 2. The van der Waals surface area contributed by atoms with Crippen molar-refractivity contribution in [1.29, 1.82) is 0 Å². The van der Waals surface area contributed by atoms with Crippen molar-refractivity contribution < 1.29 is 18.7 Å². The largest absolute Gasteiger partial charge is 0.469 e. The van der Waals surface area contributed by atoms with Gasteiger partial charge in [-0.25, -0.2) is 4.39 Å². The molecule has 0 fully saturated rings. The second-order valence-corrected chi connectivity index (χ2v) is 4.76. The Morgan fingerprint density at radius 3 is 2.84 bits per heavy atom. The van der Waals surface area contributed by atoms with Gasteiger partial charge in [0.2, 0.25) is 5.91 Å². The molecule has 0 spiro atoms. The highest BCUT2D eigenvalue weighted by Crippen LogP contribution is 2.19. The van der Waals surface area contributed by atoms with Crippen molar-refractivity contribution in [1.82, 2.24) is 0 Å². The average molecular weight is 286 g/mol. The summed E-state index contributed by atoms with van der Waals surface area (Å²) in [5.41, 5.74) is 6.11. The van der Waals surface area contributed by atoms with E-state index in [1.165, 1.54) is 31.0 Å². The average Bonchev–Trinajstić information content (AvgIpc) is 2.37. The molecule has 0 bridgehead atoms. The first-order valence-electron chi connectivity index (χ1n) is 5.52. The number of halogens is 1. The van der Waals surface area contributed by atoms with E-state index in [1.807, 2.05) is 0 Å². The molecule has 3 N–H and O–H groups in total. The molecule has 1 rings (SSSR count). The molecule has 0 saturated carbocycles. The van der Waals surface area contributed by atoms with Gasteiger partial charge in [-0.3, -0.25) is 9.59 Å². The van der Waals surface area contributed by atoms with E-state index in [0.717, 1.165) is 6.07 Å². The summed E-state index contributed by atoms with van der Waals surface area (Å²) < 4.78 is 17.3. The normalized spacial score (nSPS) is 10.0. The van der Waals surface area contributed by atoms with Crippen molar-refractivity contribution in [3.8, 4) is 0 Å². The third-order valence-corrected chi connectivity index (χ3v) is 3.16. The van der Waals surface area contributed by atoms with E-state index in [2.05, 4.69) is 10.1 Å². The van der Waals surface area contributed by atoms with Crippen molar-refractivity contribution in [3.05, 3.63) is 24.0 Å². The van der Waals surface area contributed by atoms with E-state index in [0.29, 0.717) is 11.4 Å². The van der Waals surface area contributed by atoms with Gasteiger partial charge in [-0.1, -0.05) is 0 Å². The molecule has 0 unspecified atom stereocenters. The number of benzene rings is 1. The Balaban J connectivity index is 2.33. The summed E-state index contributed by atoms with van der Waals surface area (Å²) in [6.07, 6.45) is 0.257. The summed E-state index contributed by atoms with van der Waals surface area (Å²) in [4.78, 5) is 22.4. The van der Waals surface area contributed by atoms with Gasteiger partial charge in [0.25, 0.3) is 0 Å². The van der Waals surface area contributed by atoms with E-state index in [1.54, 1.807) is 0 Å². The van der Waals surface area contributed by atoms with Crippen molar-refractivity contribution in [3.63, 3.8) is 0 Å². The molecule has 0 aliphatic heterocycles. The number of rotatable bonds is 6. The molecule has 0 saturated heterocycles. The van der Waals surface area contributed by atoms with Crippen LogP contribution in [-0.2, 0) is 14.3 Å². The van der Waals surface area contributed by atoms with Gasteiger partial charge in [0.05, 0.1) is 30.7 Å². The number of hydrogen-bond donors (Lipinski definition) is 2. The van der Waals surface area contributed by atoms with Crippen molar-refractivity contribution in [2.75, 3.05) is 29.7 Å². The van der Waals surface area contributed by atoms with E-state index >= 15 is 0 Å². The smallest absolute Gasteiger partial charge is 0.306 e. The van der Waals surface area contributed by atoms with E-state index in [9.17, 15) is 14.0 Å². The number of hydrogen-bond acceptors (Lipinski definition) is 5. The zero-order chi connectivity index (χ0) is 14.3. The van der Waals surface area contributed by atoms with Gasteiger partial charge < -0.3 is 15.8 Å². The summed E-state index contributed by atoms with van der Waals surface area (Å²) in [6, 6.07) is 3.76. The molecule has 0 aliphatic rings. The highest BCUT2D eigenvalue weighted by Gasteiger charge is 2.07.